The summed E-state index contributed by atoms with van der Waals surface area (Å²) in [5, 5.41) is 11.9. The third kappa shape index (κ3) is 4.83. The lowest BCUT2D eigenvalue weighted by Crippen LogP contribution is -2.55. The molecule has 1 atom stereocenters. The summed E-state index contributed by atoms with van der Waals surface area (Å²) < 4.78 is 1.77. The van der Waals surface area contributed by atoms with Crippen LogP contribution in [0.25, 0.3) is 0 Å². The molecule has 3 aromatic rings. The Bertz CT molecular complexity index is 874. The third-order valence-corrected chi connectivity index (χ3v) is 5.04. The molecule has 0 aliphatic heterocycles. The van der Waals surface area contributed by atoms with Crippen molar-refractivity contribution in [3.63, 3.8) is 0 Å². The van der Waals surface area contributed by atoms with Crippen molar-refractivity contribution in [2.45, 2.75) is 32.0 Å². The van der Waals surface area contributed by atoms with Crippen LogP contribution in [-0.2, 0) is 11.3 Å². The van der Waals surface area contributed by atoms with Gasteiger partial charge in [0, 0.05) is 12.4 Å². The molecule has 27 heavy (non-hydrogen) atoms. The number of rotatable bonds is 7. The number of benzene rings is 1. The lowest BCUT2D eigenvalue weighted by molar-refractivity contribution is -0.127. The van der Waals surface area contributed by atoms with Gasteiger partial charge in [0.15, 0.2) is 0 Å². The molecular weight excluding hydrogens is 360 g/mol. The Hall–Kier alpha value is -2.93. The number of nitrogens with zero attached hydrogens (tertiary/aromatic N) is 2. The third-order valence-electron chi connectivity index (χ3n) is 4.17. The Morgan fingerprint density at radius 1 is 1.15 bits per heavy atom. The van der Waals surface area contributed by atoms with Crippen LogP contribution in [0.3, 0.4) is 0 Å². The highest BCUT2D eigenvalue weighted by Gasteiger charge is 2.32. The number of carbonyl (C=O) groups is 2. The SMILES string of the molecule is CC(C)(NC(=O)c1cccs1)C(=O)N[C@@H](Cn1cccn1)c1ccccc1. The molecule has 7 heteroatoms. The topological polar surface area (TPSA) is 76.0 Å². The molecule has 0 spiro atoms. The summed E-state index contributed by atoms with van der Waals surface area (Å²) >= 11 is 1.34. The second kappa shape index (κ2) is 8.18. The van der Waals surface area contributed by atoms with E-state index in [0.29, 0.717) is 11.4 Å². The van der Waals surface area contributed by atoms with Crippen LogP contribution in [0.5, 0.6) is 0 Å². The number of hydrogen-bond donors (Lipinski definition) is 2. The predicted octanol–water partition coefficient (Wildman–Crippen LogP) is 3.01. The Labute approximate surface area is 162 Å². The zero-order valence-corrected chi connectivity index (χ0v) is 16.1. The van der Waals surface area contributed by atoms with Crippen molar-refractivity contribution < 1.29 is 9.59 Å². The molecule has 0 aliphatic carbocycles. The number of aromatic nitrogens is 2. The van der Waals surface area contributed by atoms with E-state index in [4.69, 9.17) is 0 Å². The second-order valence-corrected chi connectivity index (χ2v) is 7.67. The molecule has 6 nitrogen and oxygen atoms in total. The first-order valence-electron chi connectivity index (χ1n) is 8.65. The van der Waals surface area contributed by atoms with Crippen molar-refractivity contribution in [2.24, 2.45) is 0 Å². The lowest BCUT2D eigenvalue weighted by Gasteiger charge is -2.28. The van der Waals surface area contributed by atoms with Crippen LogP contribution < -0.4 is 10.6 Å². The minimum Gasteiger partial charge on any atom is -0.345 e. The molecule has 140 valence electrons. The molecule has 2 heterocycles. The van der Waals surface area contributed by atoms with Gasteiger partial charge in [0.2, 0.25) is 5.91 Å². The van der Waals surface area contributed by atoms with Gasteiger partial charge in [0.05, 0.1) is 17.5 Å². The van der Waals surface area contributed by atoms with E-state index in [0.717, 1.165) is 5.56 Å². The van der Waals surface area contributed by atoms with Crippen LogP contribution in [0.4, 0.5) is 0 Å². The minimum absolute atomic E-state index is 0.256. The van der Waals surface area contributed by atoms with Gasteiger partial charge in [-0.05, 0) is 36.9 Å². The molecular formula is C20H22N4O2S. The average molecular weight is 382 g/mol. The van der Waals surface area contributed by atoms with E-state index >= 15 is 0 Å². The van der Waals surface area contributed by atoms with Gasteiger partial charge in [0.1, 0.15) is 5.54 Å². The molecule has 0 unspecified atom stereocenters. The number of amides is 2. The van der Waals surface area contributed by atoms with E-state index in [1.54, 1.807) is 30.8 Å². The molecule has 0 bridgehead atoms. The number of hydrogen-bond acceptors (Lipinski definition) is 4. The maximum absolute atomic E-state index is 12.9. The molecule has 3 rings (SSSR count). The quantitative estimate of drug-likeness (QED) is 0.659. The minimum atomic E-state index is -1.06. The Kier molecular flexibility index (Phi) is 5.71. The van der Waals surface area contributed by atoms with Gasteiger partial charge in [0.25, 0.3) is 5.91 Å². The smallest absolute Gasteiger partial charge is 0.262 e. The predicted molar refractivity (Wildman–Crippen MR) is 105 cm³/mol. The number of nitrogens with one attached hydrogen (secondary N) is 2. The fourth-order valence-electron chi connectivity index (χ4n) is 2.66. The first-order valence-corrected chi connectivity index (χ1v) is 9.53. The summed E-state index contributed by atoms with van der Waals surface area (Å²) in [6.45, 7) is 3.89. The van der Waals surface area contributed by atoms with E-state index in [-0.39, 0.29) is 17.9 Å². The van der Waals surface area contributed by atoms with Crippen LogP contribution in [0.1, 0.15) is 35.1 Å². The molecule has 0 aliphatic rings. The molecule has 0 saturated heterocycles. The van der Waals surface area contributed by atoms with Gasteiger partial charge in [-0.1, -0.05) is 36.4 Å². The van der Waals surface area contributed by atoms with E-state index in [2.05, 4.69) is 15.7 Å². The van der Waals surface area contributed by atoms with Crippen LogP contribution in [-0.4, -0.2) is 27.1 Å². The van der Waals surface area contributed by atoms with Crippen molar-refractivity contribution in [1.82, 2.24) is 20.4 Å². The second-order valence-electron chi connectivity index (χ2n) is 6.72. The van der Waals surface area contributed by atoms with E-state index in [1.165, 1.54) is 11.3 Å². The zero-order valence-electron chi connectivity index (χ0n) is 15.3. The fourth-order valence-corrected chi connectivity index (χ4v) is 3.28. The van der Waals surface area contributed by atoms with Gasteiger partial charge in [-0.2, -0.15) is 5.10 Å². The molecule has 2 aromatic heterocycles. The summed E-state index contributed by atoms with van der Waals surface area (Å²) in [6.07, 6.45) is 3.56. The number of carbonyl (C=O) groups excluding carboxylic acids is 2. The summed E-state index contributed by atoms with van der Waals surface area (Å²) in [4.78, 5) is 25.8. The molecule has 0 fully saturated rings. The molecule has 0 radical (unpaired) electrons. The van der Waals surface area contributed by atoms with Crippen molar-refractivity contribution >= 4 is 23.2 Å². The maximum Gasteiger partial charge on any atom is 0.262 e. The standard InChI is InChI=1S/C20H22N4O2S/c1-20(2,23-18(25)17-10-6-13-27-17)19(26)22-16(14-24-12-7-11-21-24)15-8-4-3-5-9-15/h3-13,16H,14H2,1-2H3,(H,22,26)(H,23,25)/t16-/m0/s1. The number of thiophene rings is 1. The Balaban J connectivity index is 1.73. The van der Waals surface area contributed by atoms with Crippen LogP contribution in [0.2, 0.25) is 0 Å². The van der Waals surface area contributed by atoms with Gasteiger partial charge in [-0.25, -0.2) is 0 Å². The highest BCUT2D eigenvalue weighted by Crippen LogP contribution is 2.17. The van der Waals surface area contributed by atoms with E-state index in [1.807, 2.05) is 54.0 Å². The Morgan fingerprint density at radius 3 is 2.56 bits per heavy atom. The van der Waals surface area contributed by atoms with Crippen LogP contribution in [0.15, 0.2) is 66.3 Å². The van der Waals surface area contributed by atoms with Gasteiger partial charge < -0.3 is 10.6 Å². The lowest BCUT2D eigenvalue weighted by atomic mass is 10.0. The van der Waals surface area contributed by atoms with Crippen molar-refractivity contribution in [3.05, 3.63) is 76.7 Å². The zero-order chi connectivity index (χ0) is 19.3. The van der Waals surface area contributed by atoms with E-state index in [9.17, 15) is 9.59 Å². The molecule has 0 saturated carbocycles. The summed E-state index contributed by atoms with van der Waals surface area (Å²) in [5.74, 6) is -0.512. The monoisotopic (exact) mass is 382 g/mol. The van der Waals surface area contributed by atoms with Crippen molar-refractivity contribution in [2.75, 3.05) is 0 Å². The first-order chi connectivity index (χ1) is 13.0. The Morgan fingerprint density at radius 2 is 1.93 bits per heavy atom. The van der Waals surface area contributed by atoms with Gasteiger partial charge in [-0.3, -0.25) is 14.3 Å². The van der Waals surface area contributed by atoms with Gasteiger partial charge >= 0.3 is 0 Å². The highest BCUT2D eigenvalue weighted by atomic mass is 32.1. The first kappa shape index (κ1) is 18.8. The van der Waals surface area contributed by atoms with Gasteiger partial charge in [-0.15, -0.1) is 11.3 Å². The normalized spacial score (nSPS) is 12.4. The van der Waals surface area contributed by atoms with Crippen molar-refractivity contribution in [1.29, 1.82) is 0 Å². The maximum atomic E-state index is 12.9. The largest absolute Gasteiger partial charge is 0.345 e. The summed E-state index contributed by atoms with van der Waals surface area (Å²) in [5.41, 5.74) is -0.0835. The van der Waals surface area contributed by atoms with E-state index < -0.39 is 5.54 Å². The summed E-state index contributed by atoms with van der Waals surface area (Å²) in [6, 6.07) is 14.8. The van der Waals surface area contributed by atoms with Crippen LogP contribution in [0, 0.1) is 0 Å². The molecule has 2 N–H and O–H groups in total. The van der Waals surface area contributed by atoms with Crippen molar-refractivity contribution in [3.8, 4) is 0 Å². The highest BCUT2D eigenvalue weighted by molar-refractivity contribution is 7.12. The van der Waals surface area contributed by atoms with Crippen LogP contribution >= 0.6 is 11.3 Å². The molecule has 1 aromatic carbocycles. The average Bonchev–Trinajstić information content (AvgIpc) is 3.35. The molecule has 2 amide bonds. The summed E-state index contributed by atoms with van der Waals surface area (Å²) in [7, 11) is 0. The fraction of sp³-hybridized carbons (Fsp3) is 0.250.